The summed E-state index contributed by atoms with van der Waals surface area (Å²) in [6.45, 7) is 6.08. The van der Waals surface area contributed by atoms with Crippen molar-refractivity contribution < 1.29 is 4.42 Å². The van der Waals surface area contributed by atoms with Gasteiger partial charge in [-0.2, -0.15) is 0 Å². The van der Waals surface area contributed by atoms with E-state index in [2.05, 4.69) is 40.7 Å². The molecule has 1 aliphatic heterocycles. The van der Waals surface area contributed by atoms with Crippen LogP contribution in [0.25, 0.3) is 33.3 Å². The Hall–Kier alpha value is -2.40. The lowest BCUT2D eigenvalue weighted by atomic mass is 10.0. The van der Waals surface area contributed by atoms with Gasteiger partial charge in [0, 0.05) is 35.6 Å². The summed E-state index contributed by atoms with van der Waals surface area (Å²) in [6.07, 6.45) is 0. The van der Waals surface area contributed by atoms with Crippen LogP contribution in [0.2, 0.25) is 0 Å². The average Bonchev–Trinajstić information content (AvgIpc) is 2.66. The largest absolute Gasteiger partial charge is 0.451 e. The molecular formula is C20H17BrN2O2. The first kappa shape index (κ1) is 16.1. The Morgan fingerprint density at radius 1 is 1.08 bits per heavy atom. The Labute approximate surface area is 153 Å². The zero-order valence-corrected chi connectivity index (χ0v) is 15.6. The number of halogens is 1. The number of rotatable bonds is 3. The number of nitrogens with zero attached hydrogens (tertiary/aromatic N) is 2. The molecule has 4 rings (SSSR count). The number of anilines is 1. The third-order valence-electron chi connectivity index (χ3n) is 4.56. The van der Waals surface area contributed by atoms with Gasteiger partial charge in [0.1, 0.15) is 15.7 Å². The number of hydrogen-bond donors (Lipinski definition) is 0. The number of fused-ring (bicyclic) bond motifs is 4. The Kier molecular flexibility index (Phi) is 3.96. The third kappa shape index (κ3) is 2.50. The molecule has 0 fully saturated rings. The second-order valence-electron chi connectivity index (χ2n) is 5.90. The molecule has 2 aromatic carbocycles. The Balaban J connectivity index is 2.07. The highest BCUT2D eigenvalue weighted by Crippen LogP contribution is 2.35. The molecular weight excluding hydrogens is 380 g/mol. The number of benzene rings is 3. The van der Waals surface area contributed by atoms with Crippen molar-refractivity contribution in [2.24, 2.45) is 0 Å². The fourth-order valence-corrected chi connectivity index (χ4v) is 3.71. The van der Waals surface area contributed by atoms with Crippen LogP contribution in [-0.2, 0) is 0 Å². The molecule has 0 N–H and O–H groups in total. The van der Waals surface area contributed by atoms with Gasteiger partial charge in [0.15, 0.2) is 11.3 Å². The molecule has 0 saturated heterocycles. The van der Waals surface area contributed by atoms with Crippen LogP contribution in [0.1, 0.15) is 13.8 Å². The zero-order chi connectivity index (χ0) is 17.6. The maximum Gasteiger partial charge on any atom is 0.204 e. The fourth-order valence-electron chi connectivity index (χ4n) is 3.23. The molecule has 1 aliphatic carbocycles. The normalized spacial score (nSPS) is 11.5. The van der Waals surface area contributed by atoms with Gasteiger partial charge in [-0.05, 0) is 41.9 Å². The third-order valence-corrected chi connectivity index (χ3v) is 5.28. The molecule has 4 nitrogen and oxygen atoms in total. The van der Waals surface area contributed by atoms with E-state index in [9.17, 15) is 4.79 Å². The zero-order valence-electron chi connectivity index (χ0n) is 14.0. The van der Waals surface area contributed by atoms with Crippen LogP contribution in [0.15, 0.2) is 56.1 Å². The van der Waals surface area contributed by atoms with Crippen LogP contribution in [-0.4, -0.2) is 18.1 Å². The molecule has 5 heteroatoms. The molecule has 2 aliphatic rings. The molecule has 0 bridgehead atoms. The van der Waals surface area contributed by atoms with Gasteiger partial charge in [0.25, 0.3) is 0 Å². The summed E-state index contributed by atoms with van der Waals surface area (Å²) in [6, 6.07) is 13.5. The quantitative estimate of drug-likeness (QED) is 0.358. The summed E-state index contributed by atoms with van der Waals surface area (Å²) in [7, 11) is 0. The predicted molar refractivity (Wildman–Crippen MR) is 106 cm³/mol. The topological polar surface area (TPSA) is 46.3 Å². The summed E-state index contributed by atoms with van der Waals surface area (Å²) in [4.78, 5) is 19.6. The maximum atomic E-state index is 12.6. The SMILES string of the molecule is CCN(CC)c1ccc2nc3c4ccccc4c(=O)c(Br)c-3oc2c1. The lowest BCUT2D eigenvalue weighted by Crippen LogP contribution is -2.21. The number of aromatic nitrogens is 1. The molecule has 0 aromatic heterocycles. The molecule has 0 atom stereocenters. The second-order valence-corrected chi connectivity index (χ2v) is 6.70. The Morgan fingerprint density at radius 2 is 1.80 bits per heavy atom. The average molecular weight is 397 g/mol. The van der Waals surface area contributed by atoms with E-state index in [4.69, 9.17) is 9.40 Å². The van der Waals surface area contributed by atoms with Gasteiger partial charge in [0.05, 0.1) is 0 Å². The van der Waals surface area contributed by atoms with Crippen molar-refractivity contribution in [1.29, 1.82) is 0 Å². The van der Waals surface area contributed by atoms with E-state index < -0.39 is 0 Å². The van der Waals surface area contributed by atoms with Gasteiger partial charge < -0.3 is 9.32 Å². The molecule has 0 unspecified atom stereocenters. The molecule has 126 valence electrons. The van der Waals surface area contributed by atoms with Gasteiger partial charge in [-0.3, -0.25) is 4.79 Å². The van der Waals surface area contributed by atoms with Crippen LogP contribution in [0.3, 0.4) is 0 Å². The van der Waals surface area contributed by atoms with Crippen LogP contribution >= 0.6 is 15.9 Å². The van der Waals surface area contributed by atoms with Crippen molar-refractivity contribution in [2.75, 3.05) is 18.0 Å². The van der Waals surface area contributed by atoms with Crippen LogP contribution in [0, 0.1) is 0 Å². The van der Waals surface area contributed by atoms with Gasteiger partial charge in [-0.15, -0.1) is 0 Å². The number of hydrogen-bond acceptors (Lipinski definition) is 4. The molecule has 0 radical (unpaired) electrons. The lowest BCUT2D eigenvalue weighted by molar-refractivity contribution is 0.610. The van der Waals surface area contributed by atoms with E-state index in [-0.39, 0.29) is 5.43 Å². The highest BCUT2D eigenvalue weighted by molar-refractivity contribution is 9.10. The fraction of sp³-hybridized carbons (Fsp3) is 0.200. The van der Waals surface area contributed by atoms with Crippen LogP contribution in [0.4, 0.5) is 5.69 Å². The van der Waals surface area contributed by atoms with E-state index in [1.165, 1.54) is 0 Å². The van der Waals surface area contributed by atoms with E-state index >= 15 is 0 Å². The second kappa shape index (κ2) is 6.15. The van der Waals surface area contributed by atoms with Crippen molar-refractivity contribution in [2.45, 2.75) is 13.8 Å². The monoisotopic (exact) mass is 396 g/mol. The first-order valence-corrected chi connectivity index (χ1v) is 9.13. The Bertz CT molecular complexity index is 1120. The van der Waals surface area contributed by atoms with Gasteiger partial charge >= 0.3 is 0 Å². The van der Waals surface area contributed by atoms with Crippen LogP contribution < -0.4 is 10.3 Å². The Morgan fingerprint density at radius 3 is 2.52 bits per heavy atom. The first-order valence-electron chi connectivity index (χ1n) is 8.33. The summed E-state index contributed by atoms with van der Waals surface area (Å²) in [5.41, 5.74) is 3.16. The minimum absolute atomic E-state index is 0.0760. The first-order chi connectivity index (χ1) is 12.1. The van der Waals surface area contributed by atoms with E-state index in [0.717, 1.165) is 29.7 Å². The molecule has 0 saturated carbocycles. The molecule has 1 heterocycles. The summed E-state index contributed by atoms with van der Waals surface area (Å²) in [5, 5.41) is 1.45. The lowest BCUT2D eigenvalue weighted by Gasteiger charge is -2.21. The van der Waals surface area contributed by atoms with Gasteiger partial charge in [0.2, 0.25) is 5.43 Å². The van der Waals surface area contributed by atoms with Gasteiger partial charge in [-0.25, -0.2) is 4.98 Å². The van der Waals surface area contributed by atoms with Gasteiger partial charge in [-0.1, -0.05) is 24.3 Å². The highest BCUT2D eigenvalue weighted by Gasteiger charge is 2.20. The molecule has 0 spiro atoms. The smallest absolute Gasteiger partial charge is 0.204 e. The minimum Gasteiger partial charge on any atom is -0.451 e. The molecule has 2 aromatic rings. The van der Waals surface area contributed by atoms with Crippen molar-refractivity contribution >= 4 is 43.5 Å². The maximum absolute atomic E-state index is 12.6. The summed E-state index contributed by atoms with van der Waals surface area (Å²) < 4.78 is 6.53. The molecule has 0 amide bonds. The molecule has 25 heavy (non-hydrogen) atoms. The van der Waals surface area contributed by atoms with Crippen molar-refractivity contribution in [3.63, 3.8) is 0 Å². The minimum atomic E-state index is -0.0760. The van der Waals surface area contributed by atoms with Crippen LogP contribution in [0.5, 0.6) is 0 Å². The standard InChI is InChI=1S/C20H17BrN2O2/c1-3-23(4-2)12-9-10-15-16(11-12)25-20-17(21)19(24)14-8-6-5-7-13(14)18(20)22-15/h5-11H,3-4H2,1-2H3. The predicted octanol–water partition coefficient (Wildman–Crippen LogP) is 5.05. The van der Waals surface area contributed by atoms with Crippen molar-refractivity contribution in [3.8, 4) is 11.5 Å². The van der Waals surface area contributed by atoms with E-state index in [1.54, 1.807) is 0 Å². The van der Waals surface area contributed by atoms with E-state index in [0.29, 0.717) is 26.9 Å². The summed E-state index contributed by atoms with van der Waals surface area (Å²) >= 11 is 3.41. The highest BCUT2D eigenvalue weighted by atomic mass is 79.9. The van der Waals surface area contributed by atoms with Crippen molar-refractivity contribution in [1.82, 2.24) is 4.98 Å². The van der Waals surface area contributed by atoms with Crippen molar-refractivity contribution in [3.05, 3.63) is 57.2 Å². The van der Waals surface area contributed by atoms with E-state index in [1.807, 2.05) is 36.4 Å². The summed E-state index contributed by atoms with van der Waals surface area (Å²) in [5.74, 6) is 0.493.